The van der Waals surface area contributed by atoms with E-state index in [1.165, 1.54) is 24.3 Å². The second-order valence-corrected chi connectivity index (χ2v) is 5.99. The van der Waals surface area contributed by atoms with Crippen LogP contribution in [0, 0.1) is 11.3 Å². The molecule has 0 aliphatic heterocycles. The van der Waals surface area contributed by atoms with Crippen LogP contribution in [0.2, 0.25) is 0 Å². The van der Waals surface area contributed by atoms with E-state index in [4.69, 9.17) is 26.2 Å². The van der Waals surface area contributed by atoms with Crippen molar-refractivity contribution in [2.45, 2.75) is 0 Å². The van der Waals surface area contributed by atoms with Crippen molar-refractivity contribution in [1.29, 1.82) is 5.26 Å². The Morgan fingerprint density at radius 3 is 2.24 bits per heavy atom. The Morgan fingerprint density at radius 2 is 1.69 bits per heavy atom. The van der Waals surface area contributed by atoms with E-state index in [2.05, 4.69) is 0 Å². The number of rotatable bonds is 5. The summed E-state index contributed by atoms with van der Waals surface area (Å²) in [6, 6.07) is 16.8. The monoisotopic (exact) mass is 390 g/mol. The van der Waals surface area contributed by atoms with Gasteiger partial charge in [-0.15, -0.1) is 0 Å². The van der Waals surface area contributed by atoms with Crippen LogP contribution in [-0.2, 0) is 0 Å². The van der Waals surface area contributed by atoms with Crippen molar-refractivity contribution in [2.75, 3.05) is 17.7 Å². The summed E-state index contributed by atoms with van der Waals surface area (Å²) in [4.78, 5) is 13.2. The summed E-state index contributed by atoms with van der Waals surface area (Å²) >= 11 is 0. The second kappa shape index (κ2) is 8.10. The first-order valence-corrected chi connectivity index (χ1v) is 8.47. The molecule has 3 aromatic carbocycles. The van der Waals surface area contributed by atoms with Gasteiger partial charge >= 0.3 is 6.03 Å². The molecule has 29 heavy (non-hydrogen) atoms. The van der Waals surface area contributed by atoms with Crippen LogP contribution in [0.4, 0.5) is 21.9 Å². The number of aromatic hydroxyl groups is 1. The molecule has 0 aliphatic rings. The molecule has 0 bridgehead atoms. The Hall–Kier alpha value is -4.38. The summed E-state index contributed by atoms with van der Waals surface area (Å²) in [7, 11) is 1.56. The molecule has 0 saturated carbocycles. The number of carbonyl (C=O) groups is 1. The lowest BCUT2D eigenvalue weighted by Crippen LogP contribution is -2.31. The molecule has 0 spiro atoms. The van der Waals surface area contributed by atoms with Gasteiger partial charge in [0.05, 0.1) is 35.8 Å². The van der Waals surface area contributed by atoms with E-state index in [1.54, 1.807) is 43.5 Å². The molecule has 5 N–H and O–H groups in total. The number of nitrogens with two attached hydrogens (primary N) is 2. The van der Waals surface area contributed by atoms with Crippen LogP contribution in [0.25, 0.3) is 0 Å². The fourth-order valence-corrected chi connectivity index (χ4v) is 2.68. The number of ether oxygens (including phenoxy) is 2. The van der Waals surface area contributed by atoms with Gasteiger partial charge in [-0.1, -0.05) is 0 Å². The molecule has 8 nitrogen and oxygen atoms in total. The number of urea groups is 1. The lowest BCUT2D eigenvalue weighted by atomic mass is 10.1. The SMILES string of the molecule is COc1ccc(Oc2cc(N(C(N)=O)c3ccc(C#N)cc3)c(O)cc2N)cc1. The average molecular weight is 390 g/mol. The fraction of sp³-hybridized carbons (Fsp3) is 0.0476. The van der Waals surface area contributed by atoms with Gasteiger partial charge in [0.1, 0.15) is 17.2 Å². The molecule has 0 aromatic heterocycles. The van der Waals surface area contributed by atoms with Crippen LogP contribution in [0.3, 0.4) is 0 Å². The van der Waals surface area contributed by atoms with Crippen LogP contribution in [0.5, 0.6) is 23.0 Å². The van der Waals surface area contributed by atoms with Gasteiger partial charge in [-0.05, 0) is 48.5 Å². The van der Waals surface area contributed by atoms with Crippen molar-refractivity contribution in [3.05, 3.63) is 66.2 Å². The van der Waals surface area contributed by atoms with Crippen molar-refractivity contribution in [3.8, 4) is 29.1 Å². The number of nitriles is 1. The predicted molar refractivity (Wildman–Crippen MR) is 108 cm³/mol. The third-order valence-corrected chi connectivity index (χ3v) is 4.11. The molecule has 2 amide bonds. The topological polar surface area (TPSA) is 135 Å². The number of nitrogen functional groups attached to an aromatic ring is 1. The quantitative estimate of drug-likeness (QED) is 0.566. The zero-order valence-corrected chi connectivity index (χ0v) is 15.5. The molecule has 0 saturated heterocycles. The number of methoxy groups -OCH3 is 1. The summed E-state index contributed by atoms with van der Waals surface area (Å²) in [5.74, 6) is 1.12. The highest BCUT2D eigenvalue weighted by atomic mass is 16.5. The van der Waals surface area contributed by atoms with E-state index in [9.17, 15) is 9.90 Å². The predicted octanol–water partition coefficient (Wildman–Crippen LogP) is 3.86. The first-order valence-electron chi connectivity index (χ1n) is 8.47. The van der Waals surface area contributed by atoms with Crippen molar-refractivity contribution < 1.29 is 19.4 Å². The van der Waals surface area contributed by atoms with Gasteiger partial charge in [-0.2, -0.15) is 5.26 Å². The minimum atomic E-state index is -0.829. The van der Waals surface area contributed by atoms with Gasteiger partial charge in [-0.3, -0.25) is 4.90 Å². The Balaban J connectivity index is 2.01. The normalized spacial score (nSPS) is 10.1. The summed E-state index contributed by atoms with van der Waals surface area (Å²) in [5.41, 5.74) is 12.5. The lowest BCUT2D eigenvalue weighted by molar-refractivity contribution is 0.256. The van der Waals surface area contributed by atoms with E-state index in [1.807, 2.05) is 6.07 Å². The molecule has 0 aliphatic carbocycles. The Bertz CT molecular complexity index is 1070. The average Bonchev–Trinajstić information content (AvgIpc) is 2.72. The highest BCUT2D eigenvalue weighted by molar-refractivity contribution is 6.00. The largest absolute Gasteiger partial charge is 0.506 e. The number of amides is 2. The van der Waals surface area contributed by atoms with E-state index < -0.39 is 6.03 Å². The van der Waals surface area contributed by atoms with Crippen molar-refractivity contribution in [1.82, 2.24) is 0 Å². The number of phenols is 1. The number of hydrogen-bond donors (Lipinski definition) is 3. The van der Waals surface area contributed by atoms with Gasteiger partial charge < -0.3 is 26.0 Å². The highest BCUT2D eigenvalue weighted by Gasteiger charge is 2.21. The Morgan fingerprint density at radius 1 is 1.07 bits per heavy atom. The molecule has 3 rings (SSSR count). The Labute approximate surface area is 167 Å². The molecular formula is C21H18N4O4. The molecule has 0 unspecified atom stereocenters. The third-order valence-electron chi connectivity index (χ3n) is 4.11. The number of nitrogens with zero attached hydrogens (tertiary/aromatic N) is 2. The van der Waals surface area contributed by atoms with Crippen molar-refractivity contribution >= 4 is 23.1 Å². The van der Waals surface area contributed by atoms with Gasteiger partial charge in [0.15, 0.2) is 5.75 Å². The number of anilines is 3. The van der Waals surface area contributed by atoms with Crippen LogP contribution in [0.1, 0.15) is 5.56 Å². The molecule has 0 fully saturated rings. The zero-order chi connectivity index (χ0) is 21.0. The lowest BCUT2D eigenvalue weighted by Gasteiger charge is -2.23. The maximum absolute atomic E-state index is 12.1. The van der Waals surface area contributed by atoms with Crippen LogP contribution in [-0.4, -0.2) is 18.2 Å². The maximum Gasteiger partial charge on any atom is 0.324 e. The number of phenolic OH excluding ortho intramolecular Hbond substituents is 1. The van der Waals surface area contributed by atoms with Gasteiger partial charge in [0.2, 0.25) is 0 Å². The van der Waals surface area contributed by atoms with E-state index in [0.29, 0.717) is 22.7 Å². The Kier molecular flexibility index (Phi) is 5.42. The van der Waals surface area contributed by atoms with Gasteiger partial charge in [0.25, 0.3) is 0 Å². The van der Waals surface area contributed by atoms with Crippen LogP contribution < -0.4 is 25.8 Å². The summed E-state index contributed by atoms with van der Waals surface area (Å²) in [5, 5.41) is 19.3. The zero-order valence-electron chi connectivity index (χ0n) is 15.5. The standard InChI is InChI=1S/C21H18N4O4/c1-28-15-6-8-16(9-7-15)29-20-11-18(19(26)10-17(20)23)25(21(24)27)14-4-2-13(12-22)3-5-14/h2-11,26H,23H2,1H3,(H2,24,27). The highest BCUT2D eigenvalue weighted by Crippen LogP contribution is 2.41. The molecule has 8 heteroatoms. The fourth-order valence-electron chi connectivity index (χ4n) is 2.68. The van der Waals surface area contributed by atoms with Crippen molar-refractivity contribution in [2.24, 2.45) is 5.73 Å². The third kappa shape index (κ3) is 4.14. The number of primary amides is 1. The number of carbonyl (C=O) groups excluding carboxylic acids is 1. The first kappa shape index (κ1) is 19.4. The molecule has 0 heterocycles. The second-order valence-electron chi connectivity index (χ2n) is 5.99. The van der Waals surface area contributed by atoms with E-state index >= 15 is 0 Å². The summed E-state index contributed by atoms with van der Waals surface area (Å²) in [6.07, 6.45) is 0. The van der Waals surface area contributed by atoms with E-state index in [0.717, 1.165) is 4.90 Å². The van der Waals surface area contributed by atoms with E-state index in [-0.39, 0.29) is 22.9 Å². The molecule has 146 valence electrons. The summed E-state index contributed by atoms with van der Waals surface area (Å²) in [6.45, 7) is 0. The van der Waals surface area contributed by atoms with Gasteiger partial charge in [0, 0.05) is 12.1 Å². The van der Waals surface area contributed by atoms with Crippen LogP contribution >= 0.6 is 0 Å². The smallest absolute Gasteiger partial charge is 0.324 e. The number of benzene rings is 3. The van der Waals surface area contributed by atoms with Crippen molar-refractivity contribution in [3.63, 3.8) is 0 Å². The summed E-state index contributed by atoms with van der Waals surface area (Å²) < 4.78 is 10.9. The molecule has 0 atom stereocenters. The minimum absolute atomic E-state index is 0.0833. The van der Waals surface area contributed by atoms with Gasteiger partial charge in [-0.25, -0.2) is 4.79 Å². The molecule has 3 aromatic rings. The number of hydrogen-bond acceptors (Lipinski definition) is 6. The molecule has 0 radical (unpaired) electrons. The maximum atomic E-state index is 12.1. The molecular weight excluding hydrogens is 372 g/mol. The van der Waals surface area contributed by atoms with Crippen LogP contribution in [0.15, 0.2) is 60.7 Å². The first-order chi connectivity index (χ1) is 13.9. The minimum Gasteiger partial charge on any atom is -0.506 e.